The predicted octanol–water partition coefficient (Wildman–Crippen LogP) is 2.95. The third kappa shape index (κ3) is 46.5. The number of carbonyl (C=O) groups is 2. The van der Waals surface area contributed by atoms with Gasteiger partial charge in [-0.3, -0.25) is 9.59 Å². The van der Waals surface area contributed by atoms with Crippen LogP contribution in [0.15, 0.2) is 0 Å². The minimum absolute atomic E-state index is 0.0596. The van der Waals surface area contributed by atoms with Crippen LogP contribution in [0.2, 0.25) is 0 Å². The highest BCUT2D eigenvalue weighted by molar-refractivity contribution is 5.69. The molecule has 0 aliphatic rings. The summed E-state index contributed by atoms with van der Waals surface area (Å²) in [5, 5.41) is 8.55. The number of carboxylic acid groups (broad SMARTS) is 1. The molecule has 0 amide bonds. The van der Waals surface area contributed by atoms with Gasteiger partial charge in [0.1, 0.15) is 6.61 Å². The monoisotopic (exact) mass is 758 g/mol. The Morgan fingerprint density at radius 1 is 0.327 bits per heavy atom. The van der Waals surface area contributed by atoms with Crippen molar-refractivity contribution in [2.45, 2.75) is 58.3 Å². The molecule has 16 heteroatoms. The number of esters is 1. The van der Waals surface area contributed by atoms with Gasteiger partial charge < -0.3 is 66.7 Å². The number of hydrogen-bond acceptors (Lipinski definition) is 15. The fraction of sp³-hybridized carbons (Fsp3) is 0.944. The van der Waals surface area contributed by atoms with Gasteiger partial charge in [-0.1, -0.05) is 26.2 Å². The summed E-state index contributed by atoms with van der Waals surface area (Å²) < 4.78 is 70.6. The van der Waals surface area contributed by atoms with Gasteiger partial charge in [0.05, 0.1) is 152 Å². The molecule has 0 aromatic carbocycles. The van der Waals surface area contributed by atoms with E-state index in [4.69, 9.17) is 66.7 Å². The topological polar surface area (TPSA) is 174 Å². The van der Waals surface area contributed by atoms with Gasteiger partial charge in [0.15, 0.2) is 0 Å². The second-order valence-electron chi connectivity index (χ2n) is 11.2. The third-order valence-corrected chi connectivity index (χ3v) is 6.75. The van der Waals surface area contributed by atoms with Crippen LogP contribution < -0.4 is 0 Å². The van der Waals surface area contributed by atoms with E-state index in [1.807, 2.05) is 0 Å². The lowest BCUT2D eigenvalue weighted by Gasteiger charge is -2.09. The maximum absolute atomic E-state index is 11.5. The first kappa shape index (κ1) is 50.5. The summed E-state index contributed by atoms with van der Waals surface area (Å²) in [5.74, 6) is -1.21. The Hall–Kier alpha value is -1.54. The third-order valence-electron chi connectivity index (χ3n) is 6.75. The van der Waals surface area contributed by atoms with Crippen molar-refractivity contribution < 1.29 is 76.3 Å². The quantitative estimate of drug-likeness (QED) is 0.0708. The van der Waals surface area contributed by atoms with Crippen molar-refractivity contribution in [1.29, 1.82) is 0 Å². The minimum atomic E-state index is -0.863. The van der Waals surface area contributed by atoms with Gasteiger partial charge in [-0.2, -0.15) is 0 Å². The average molecular weight is 759 g/mol. The molecular weight excluding hydrogens is 688 g/mol. The molecule has 0 bridgehead atoms. The Labute approximate surface area is 311 Å². The maximum Gasteiger partial charge on any atom is 0.305 e. The van der Waals surface area contributed by atoms with E-state index in [1.54, 1.807) is 0 Å². The van der Waals surface area contributed by atoms with Crippen molar-refractivity contribution in [1.82, 2.24) is 0 Å². The highest BCUT2D eigenvalue weighted by atomic mass is 16.6. The van der Waals surface area contributed by atoms with Crippen LogP contribution in [0.3, 0.4) is 0 Å². The first-order valence-corrected chi connectivity index (χ1v) is 19.0. The average Bonchev–Trinajstić information content (AvgIpc) is 3.14. The molecule has 0 rings (SSSR count). The van der Waals surface area contributed by atoms with Crippen molar-refractivity contribution >= 4 is 11.9 Å². The zero-order valence-corrected chi connectivity index (χ0v) is 31.9. The van der Waals surface area contributed by atoms with Crippen LogP contribution in [-0.4, -0.2) is 182 Å². The van der Waals surface area contributed by atoms with Gasteiger partial charge in [0.2, 0.25) is 0 Å². The molecule has 1 N–H and O–H groups in total. The summed E-state index contributed by atoms with van der Waals surface area (Å²) >= 11 is 0. The predicted molar refractivity (Wildman–Crippen MR) is 191 cm³/mol. The van der Waals surface area contributed by atoms with Crippen LogP contribution in [0, 0.1) is 0 Å². The summed E-state index contributed by atoms with van der Waals surface area (Å²) in [7, 11) is 0. The van der Waals surface area contributed by atoms with Gasteiger partial charge in [0, 0.05) is 19.4 Å². The zero-order valence-electron chi connectivity index (χ0n) is 31.9. The number of carboxylic acids is 1. The number of unbranched alkanes of at least 4 members (excludes halogenated alkanes) is 4. The highest BCUT2D eigenvalue weighted by Gasteiger charge is 2.04. The minimum Gasteiger partial charge on any atom is -0.481 e. The molecule has 310 valence electrons. The number of ether oxygens (including phenoxy) is 13. The summed E-state index contributed by atoms with van der Waals surface area (Å²) in [4.78, 5) is 21.9. The molecule has 0 radical (unpaired) electrons. The molecule has 52 heavy (non-hydrogen) atoms. The second kappa shape index (κ2) is 45.6. The summed E-state index contributed by atoms with van der Waals surface area (Å²) in [6.45, 7) is 14.4. The van der Waals surface area contributed by atoms with Gasteiger partial charge >= 0.3 is 11.9 Å². The molecule has 0 aliphatic carbocycles. The SMILES string of the molecule is CCCCCCOCCOCCOCCOCCOCCOCCOCCOCCOCCOCCOCCOCCOC(=O)CCCCC(=O)O. The Morgan fingerprint density at radius 3 is 0.885 bits per heavy atom. The van der Waals surface area contributed by atoms with Crippen LogP contribution in [0.5, 0.6) is 0 Å². The van der Waals surface area contributed by atoms with E-state index in [2.05, 4.69) is 6.92 Å². The number of rotatable bonds is 46. The second-order valence-corrected chi connectivity index (χ2v) is 11.2. The van der Waals surface area contributed by atoms with Crippen LogP contribution in [-0.2, 0) is 71.2 Å². The summed E-state index contributed by atoms with van der Waals surface area (Å²) in [6, 6.07) is 0. The first-order valence-electron chi connectivity index (χ1n) is 19.0. The van der Waals surface area contributed by atoms with Crippen LogP contribution in [0.4, 0.5) is 0 Å². The molecular formula is C36H70O16. The van der Waals surface area contributed by atoms with E-state index in [-0.39, 0.29) is 32.0 Å². The molecule has 0 spiro atoms. The lowest BCUT2D eigenvalue weighted by molar-refractivity contribution is -0.146. The molecule has 0 aliphatic heterocycles. The van der Waals surface area contributed by atoms with Gasteiger partial charge in [-0.15, -0.1) is 0 Å². The number of hydrogen-bond donors (Lipinski definition) is 1. The van der Waals surface area contributed by atoms with E-state index in [1.165, 1.54) is 19.3 Å². The van der Waals surface area contributed by atoms with Crippen LogP contribution >= 0.6 is 0 Å². The van der Waals surface area contributed by atoms with Crippen LogP contribution in [0.1, 0.15) is 58.3 Å². The van der Waals surface area contributed by atoms with Crippen molar-refractivity contribution in [2.24, 2.45) is 0 Å². The number of aliphatic carboxylic acids is 1. The first-order chi connectivity index (χ1) is 25.7. The van der Waals surface area contributed by atoms with Crippen molar-refractivity contribution in [3.63, 3.8) is 0 Å². The normalized spacial score (nSPS) is 11.4. The molecule has 16 nitrogen and oxygen atoms in total. The molecule has 0 atom stereocenters. The standard InChI is InChI=1S/C36H70O16/c1-2-3-4-7-10-40-11-12-41-13-14-42-15-16-43-17-18-44-19-20-45-21-22-46-23-24-47-25-26-48-27-28-49-29-30-50-31-32-51-33-34-52-36(39)9-6-5-8-35(37)38/h2-34H2,1H3,(H,37,38). The largest absolute Gasteiger partial charge is 0.481 e. The molecule has 0 aromatic heterocycles. The zero-order chi connectivity index (χ0) is 37.7. The van der Waals surface area contributed by atoms with Gasteiger partial charge in [-0.05, 0) is 19.3 Å². The highest BCUT2D eigenvalue weighted by Crippen LogP contribution is 2.01. The summed E-state index contributed by atoms with van der Waals surface area (Å²) in [5.41, 5.74) is 0. The van der Waals surface area contributed by atoms with E-state index >= 15 is 0 Å². The van der Waals surface area contributed by atoms with Crippen LogP contribution in [0.25, 0.3) is 0 Å². The Kier molecular flexibility index (Phi) is 44.3. The Bertz CT molecular complexity index is 718. The lowest BCUT2D eigenvalue weighted by Crippen LogP contribution is -2.15. The van der Waals surface area contributed by atoms with Gasteiger partial charge in [-0.25, -0.2) is 0 Å². The fourth-order valence-electron chi connectivity index (χ4n) is 3.98. The molecule has 0 aromatic rings. The van der Waals surface area contributed by atoms with Crippen molar-refractivity contribution in [3.05, 3.63) is 0 Å². The van der Waals surface area contributed by atoms with E-state index < -0.39 is 5.97 Å². The summed E-state index contributed by atoms with van der Waals surface area (Å²) in [6.07, 6.45) is 6.10. The van der Waals surface area contributed by atoms with E-state index in [0.717, 1.165) is 13.0 Å². The molecule has 0 unspecified atom stereocenters. The maximum atomic E-state index is 11.5. The van der Waals surface area contributed by atoms with E-state index in [9.17, 15) is 9.59 Å². The van der Waals surface area contributed by atoms with Crippen molar-refractivity contribution in [2.75, 3.05) is 165 Å². The Morgan fingerprint density at radius 2 is 0.596 bits per heavy atom. The smallest absolute Gasteiger partial charge is 0.305 e. The fourth-order valence-corrected chi connectivity index (χ4v) is 3.98. The van der Waals surface area contributed by atoms with Gasteiger partial charge in [0.25, 0.3) is 0 Å². The molecule has 0 fully saturated rings. The number of carbonyl (C=O) groups excluding carboxylic acids is 1. The van der Waals surface area contributed by atoms with E-state index in [0.29, 0.717) is 158 Å². The lowest BCUT2D eigenvalue weighted by atomic mass is 10.2. The molecule has 0 saturated carbocycles. The Balaban J connectivity index is 3.09. The molecule has 0 heterocycles. The van der Waals surface area contributed by atoms with Crippen molar-refractivity contribution in [3.8, 4) is 0 Å². The molecule has 0 saturated heterocycles.